The Labute approximate surface area is 131 Å². The van der Waals surface area contributed by atoms with Gasteiger partial charge in [-0.25, -0.2) is 4.98 Å². The number of aromatic nitrogens is 2. The van der Waals surface area contributed by atoms with Crippen molar-refractivity contribution in [3.05, 3.63) is 39.6 Å². The van der Waals surface area contributed by atoms with Crippen molar-refractivity contribution >= 4 is 11.3 Å². The molecule has 0 fully saturated rings. The minimum absolute atomic E-state index is 0.457. The maximum absolute atomic E-state index is 4.43. The van der Waals surface area contributed by atoms with E-state index in [4.69, 9.17) is 0 Å². The van der Waals surface area contributed by atoms with Gasteiger partial charge in [0.15, 0.2) is 0 Å². The topological polar surface area (TPSA) is 29.9 Å². The molecule has 0 aromatic carbocycles. The molecule has 0 bridgehead atoms. The van der Waals surface area contributed by atoms with Crippen LogP contribution in [0.15, 0.2) is 18.5 Å². The smallest absolute Gasteiger partial charge is 0.108 e. The Bertz CT molecular complexity index is 561. The van der Waals surface area contributed by atoms with Crippen LogP contribution in [0.4, 0.5) is 0 Å². The van der Waals surface area contributed by atoms with Crippen molar-refractivity contribution in [2.75, 3.05) is 7.05 Å². The van der Waals surface area contributed by atoms with E-state index in [2.05, 4.69) is 35.0 Å². The number of nitrogens with zero attached hydrogens (tertiary/aromatic N) is 2. The molecule has 1 aliphatic carbocycles. The molecule has 1 aliphatic rings. The number of aryl methyl sites for hydroxylation is 4. The first kappa shape index (κ1) is 14.8. The van der Waals surface area contributed by atoms with Crippen LogP contribution in [-0.2, 0) is 26.3 Å². The standard InChI is InChI=1S/C17H25N3S/c1-18-14(8-9-17-19-10-11-20(17)2)16-12-13-6-4-3-5-7-15(13)21-16/h10-12,14,18H,3-9H2,1-2H3. The highest BCUT2D eigenvalue weighted by molar-refractivity contribution is 7.12. The molecule has 0 amide bonds. The van der Waals surface area contributed by atoms with Gasteiger partial charge in [-0.15, -0.1) is 11.3 Å². The first-order valence-electron chi connectivity index (χ1n) is 8.03. The minimum Gasteiger partial charge on any atom is -0.338 e. The van der Waals surface area contributed by atoms with E-state index in [0.29, 0.717) is 6.04 Å². The van der Waals surface area contributed by atoms with Gasteiger partial charge in [0, 0.05) is 41.7 Å². The normalized spacial score (nSPS) is 16.5. The van der Waals surface area contributed by atoms with Gasteiger partial charge in [-0.2, -0.15) is 0 Å². The molecule has 1 atom stereocenters. The fraction of sp³-hybridized carbons (Fsp3) is 0.588. The molecule has 0 saturated heterocycles. The van der Waals surface area contributed by atoms with Crippen molar-refractivity contribution in [2.45, 2.75) is 51.0 Å². The van der Waals surface area contributed by atoms with E-state index in [1.54, 1.807) is 10.4 Å². The lowest BCUT2D eigenvalue weighted by molar-refractivity contribution is 0.543. The molecular weight excluding hydrogens is 278 g/mol. The highest BCUT2D eigenvalue weighted by atomic mass is 32.1. The lowest BCUT2D eigenvalue weighted by Crippen LogP contribution is -2.16. The van der Waals surface area contributed by atoms with Crippen LogP contribution in [0, 0.1) is 0 Å². The molecule has 2 aromatic heterocycles. The molecular formula is C17H25N3S. The number of hydrogen-bond acceptors (Lipinski definition) is 3. The van der Waals surface area contributed by atoms with Gasteiger partial charge in [0.05, 0.1) is 0 Å². The SMILES string of the molecule is CNC(CCc1nccn1C)c1cc2c(s1)CCCCC2. The lowest BCUT2D eigenvalue weighted by atomic mass is 10.1. The van der Waals surface area contributed by atoms with Gasteiger partial charge in [-0.05, 0) is 50.8 Å². The predicted octanol–water partition coefficient (Wildman–Crippen LogP) is 3.64. The van der Waals surface area contributed by atoms with E-state index >= 15 is 0 Å². The highest BCUT2D eigenvalue weighted by Crippen LogP contribution is 2.33. The second-order valence-electron chi connectivity index (χ2n) is 5.99. The van der Waals surface area contributed by atoms with Crippen molar-refractivity contribution in [2.24, 2.45) is 7.05 Å². The largest absolute Gasteiger partial charge is 0.338 e. The molecule has 2 aromatic rings. The van der Waals surface area contributed by atoms with Crippen molar-refractivity contribution in [3.8, 4) is 0 Å². The molecule has 3 rings (SSSR count). The van der Waals surface area contributed by atoms with Crippen LogP contribution < -0.4 is 5.32 Å². The van der Waals surface area contributed by atoms with E-state index in [1.165, 1.54) is 42.8 Å². The fourth-order valence-corrected chi connectivity index (χ4v) is 4.60. The van der Waals surface area contributed by atoms with E-state index in [0.717, 1.165) is 12.8 Å². The van der Waals surface area contributed by atoms with E-state index < -0.39 is 0 Å². The maximum Gasteiger partial charge on any atom is 0.108 e. The third-order valence-corrected chi connectivity index (χ3v) is 5.89. The highest BCUT2D eigenvalue weighted by Gasteiger charge is 2.18. The summed E-state index contributed by atoms with van der Waals surface area (Å²) in [7, 11) is 4.15. The van der Waals surface area contributed by atoms with Gasteiger partial charge in [0.1, 0.15) is 5.82 Å². The summed E-state index contributed by atoms with van der Waals surface area (Å²) >= 11 is 2.03. The summed E-state index contributed by atoms with van der Waals surface area (Å²) < 4.78 is 2.12. The molecule has 2 heterocycles. The van der Waals surface area contributed by atoms with Crippen LogP contribution in [0.2, 0.25) is 0 Å². The number of fused-ring (bicyclic) bond motifs is 1. The molecule has 0 aliphatic heterocycles. The minimum atomic E-state index is 0.457. The van der Waals surface area contributed by atoms with Gasteiger partial charge in [0.25, 0.3) is 0 Å². The summed E-state index contributed by atoms with van der Waals surface area (Å²) in [6.45, 7) is 0. The van der Waals surface area contributed by atoms with Crippen LogP contribution in [-0.4, -0.2) is 16.6 Å². The molecule has 0 radical (unpaired) electrons. The monoisotopic (exact) mass is 303 g/mol. The zero-order valence-electron chi connectivity index (χ0n) is 13.1. The third kappa shape index (κ3) is 3.38. The molecule has 1 N–H and O–H groups in total. The maximum atomic E-state index is 4.43. The molecule has 21 heavy (non-hydrogen) atoms. The quantitative estimate of drug-likeness (QED) is 0.855. The summed E-state index contributed by atoms with van der Waals surface area (Å²) in [5.41, 5.74) is 1.62. The summed E-state index contributed by atoms with van der Waals surface area (Å²) in [6.07, 6.45) is 12.7. The predicted molar refractivity (Wildman–Crippen MR) is 88.9 cm³/mol. The second kappa shape index (κ2) is 6.75. The van der Waals surface area contributed by atoms with Crippen molar-refractivity contribution < 1.29 is 0 Å². The van der Waals surface area contributed by atoms with E-state index in [9.17, 15) is 0 Å². The third-order valence-electron chi connectivity index (χ3n) is 4.54. The van der Waals surface area contributed by atoms with Gasteiger partial charge in [-0.1, -0.05) is 6.42 Å². The summed E-state index contributed by atoms with van der Waals surface area (Å²) in [5, 5.41) is 3.50. The zero-order chi connectivity index (χ0) is 14.7. The Morgan fingerprint density at radius 1 is 1.33 bits per heavy atom. The first-order chi connectivity index (χ1) is 10.3. The Morgan fingerprint density at radius 3 is 2.95 bits per heavy atom. The van der Waals surface area contributed by atoms with Crippen LogP contribution in [0.25, 0.3) is 0 Å². The Hall–Kier alpha value is -1.13. The Kier molecular flexibility index (Phi) is 4.76. The zero-order valence-corrected chi connectivity index (χ0v) is 13.9. The van der Waals surface area contributed by atoms with Crippen molar-refractivity contribution in [1.82, 2.24) is 14.9 Å². The van der Waals surface area contributed by atoms with Crippen LogP contribution in [0.3, 0.4) is 0 Å². The van der Waals surface area contributed by atoms with Gasteiger partial charge in [-0.3, -0.25) is 0 Å². The van der Waals surface area contributed by atoms with Crippen LogP contribution in [0.5, 0.6) is 0 Å². The van der Waals surface area contributed by atoms with E-state index in [-0.39, 0.29) is 0 Å². The second-order valence-corrected chi connectivity index (χ2v) is 7.16. The Morgan fingerprint density at radius 2 is 2.19 bits per heavy atom. The number of hydrogen-bond donors (Lipinski definition) is 1. The molecule has 3 nitrogen and oxygen atoms in total. The van der Waals surface area contributed by atoms with Crippen molar-refractivity contribution in [1.29, 1.82) is 0 Å². The summed E-state index contributed by atoms with van der Waals surface area (Å²) in [5.74, 6) is 1.17. The fourth-order valence-electron chi connectivity index (χ4n) is 3.20. The van der Waals surface area contributed by atoms with Gasteiger partial charge < -0.3 is 9.88 Å². The van der Waals surface area contributed by atoms with E-state index in [1.807, 2.05) is 23.7 Å². The number of nitrogens with one attached hydrogen (secondary N) is 1. The molecule has 1 unspecified atom stereocenters. The van der Waals surface area contributed by atoms with Gasteiger partial charge >= 0.3 is 0 Å². The average Bonchev–Trinajstić information content (AvgIpc) is 3.01. The Balaban J connectivity index is 1.70. The van der Waals surface area contributed by atoms with Gasteiger partial charge in [0.2, 0.25) is 0 Å². The molecule has 114 valence electrons. The van der Waals surface area contributed by atoms with Crippen molar-refractivity contribution in [3.63, 3.8) is 0 Å². The first-order valence-corrected chi connectivity index (χ1v) is 8.84. The number of imidazole rings is 1. The molecule has 0 saturated carbocycles. The number of rotatable bonds is 5. The summed E-state index contributed by atoms with van der Waals surface area (Å²) in [4.78, 5) is 7.58. The average molecular weight is 303 g/mol. The molecule has 4 heteroatoms. The summed E-state index contributed by atoms with van der Waals surface area (Å²) in [6, 6.07) is 2.92. The lowest BCUT2D eigenvalue weighted by Gasteiger charge is -2.14. The van der Waals surface area contributed by atoms with Crippen LogP contribution >= 0.6 is 11.3 Å². The number of thiophene rings is 1. The molecule has 0 spiro atoms. The van der Waals surface area contributed by atoms with Crippen LogP contribution in [0.1, 0.15) is 52.9 Å².